The van der Waals surface area contributed by atoms with Crippen LogP contribution in [0.1, 0.15) is 0 Å². The van der Waals surface area contributed by atoms with E-state index >= 15 is 0 Å². The van der Waals surface area contributed by atoms with E-state index < -0.39 is 0 Å². The van der Waals surface area contributed by atoms with Gasteiger partial charge in [-0.3, -0.25) is 9.69 Å². The number of nitrogens with one attached hydrogen (secondary N) is 1. The van der Waals surface area contributed by atoms with Crippen LogP contribution in [0.3, 0.4) is 0 Å². The topological polar surface area (TPSA) is 78.7 Å². The van der Waals surface area contributed by atoms with Crippen molar-refractivity contribution in [2.45, 2.75) is 0 Å². The Labute approximate surface area is 105 Å². The summed E-state index contributed by atoms with van der Waals surface area (Å²) in [5.74, 6) is -0.164. The Morgan fingerprint density at radius 2 is 2.00 bits per heavy atom. The highest BCUT2D eigenvalue weighted by molar-refractivity contribution is 5.96. The number of nitrogen functional groups attached to an aromatic ring is 1. The van der Waals surface area contributed by atoms with Gasteiger partial charge in [0.1, 0.15) is 6.54 Å². The van der Waals surface area contributed by atoms with E-state index in [0.717, 1.165) is 5.69 Å². The van der Waals surface area contributed by atoms with E-state index in [2.05, 4.69) is 5.32 Å². The lowest BCUT2D eigenvalue weighted by molar-refractivity contribution is -0.121. The van der Waals surface area contributed by atoms with Gasteiger partial charge in [0.25, 0.3) is 0 Å². The molecule has 6 heteroatoms. The summed E-state index contributed by atoms with van der Waals surface area (Å²) in [6, 6.07) is 6.96. The van der Waals surface area contributed by atoms with E-state index in [1.807, 2.05) is 0 Å². The van der Waals surface area contributed by atoms with Gasteiger partial charge in [-0.1, -0.05) is 0 Å². The monoisotopic (exact) mass is 248 g/mol. The molecular formula is C12H16N4O2. The molecule has 3 amide bonds. The second kappa shape index (κ2) is 4.95. The second-order valence-corrected chi connectivity index (χ2v) is 4.12. The fourth-order valence-corrected chi connectivity index (χ4v) is 1.88. The van der Waals surface area contributed by atoms with Crippen LogP contribution >= 0.6 is 0 Å². The Balaban J connectivity index is 2.07. The summed E-state index contributed by atoms with van der Waals surface area (Å²) in [6.45, 7) is 1.23. The van der Waals surface area contributed by atoms with Crippen LogP contribution in [0.5, 0.6) is 0 Å². The van der Waals surface area contributed by atoms with Gasteiger partial charge >= 0.3 is 6.03 Å². The number of rotatable bonds is 3. The molecular weight excluding hydrogens is 232 g/mol. The third-order valence-corrected chi connectivity index (χ3v) is 2.91. The molecule has 0 bridgehead atoms. The molecule has 1 aliphatic rings. The predicted molar refractivity (Wildman–Crippen MR) is 69.2 cm³/mol. The summed E-state index contributed by atoms with van der Waals surface area (Å²) in [7, 11) is 1.56. The molecule has 3 N–H and O–H groups in total. The van der Waals surface area contributed by atoms with Crippen molar-refractivity contribution in [3.63, 3.8) is 0 Å². The van der Waals surface area contributed by atoms with Gasteiger partial charge in [-0.15, -0.1) is 0 Å². The van der Waals surface area contributed by atoms with Crippen LogP contribution in [0, 0.1) is 0 Å². The number of nitrogens with two attached hydrogens (primary N) is 1. The molecule has 1 aromatic carbocycles. The average Bonchev–Trinajstić information content (AvgIpc) is 2.72. The van der Waals surface area contributed by atoms with Gasteiger partial charge in [-0.25, -0.2) is 4.79 Å². The largest absolute Gasteiger partial charge is 0.399 e. The molecule has 0 saturated carbocycles. The van der Waals surface area contributed by atoms with Crippen molar-refractivity contribution in [2.75, 3.05) is 37.3 Å². The molecule has 0 unspecified atom stereocenters. The first-order valence-electron chi connectivity index (χ1n) is 5.74. The molecule has 96 valence electrons. The first-order valence-corrected chi connectivity index (χ1v) is 5.74. The molecule has 0 aliphatic carbocycles. The number of urea groups is 1. The number of hydrogen-bond acceptors (Lipinski definition) is 3. The third kappa shape index (κ3) is 2.37. The summed E-state index contributed by atoms with van der Waals surface area (Å²) >= 11 is 0. The Kier molecular flexibility index (Phi) is 3.36. The minimum atomic E-state index is -0.164. The number of nitrogens with zero attached hydrogens (tertiary/aromatic N) is 2. The molecule has 0 atom stereocenters. The van der Waals surface area contributed by atoms with Crippen LogP contribution in [0.25, 0.3) is 0 Å². The Morgan fingerprint density at radius 3 is 2.61 bits per heavy atom. The van der Waals surface area contributed by atoms with Gasteiger partial charge in [0.05, 0.1) is 0 Å². The Bertz CT molecular complexity index is 458. The van der Waals surface area contributed by atoms with Crippen molar-refractivity contribution in [3.05, 3.63) is 24.3 Å². The fourth-order valence-electron chi connectivity index (χ4n) is 1.88. The molecule has 6 nitrogen and oxygen atoms in total. The van der Waals surface area contributed by atoms with Gasteiger partial charge in [-0.2, -0.15) is 0 Å². The lowest BCUT2D eigenvalue weighted by Crippen LogP contribution is -2.38. The van der Waals surface area contributed by atoms with Crippen molar-refractivity contribution in [1.82, 2.24) is 10.2 Å². The minimum absolute atomic E-state index is 0.0980. The van der Waals surface area contributed by atoms with Crippen molar-refractivity contribution >= 4 is 23.3 Å². The number of hydrogen-bond donors (Lipinski definition) is 2. The molecule has 1 fully saturated rings. The van der Waals surface area contributed by atoms with E-state index in [1.54, 1.807) is 36.2 Å². The highest BCUT2D eigenvalue weighted by atomic mass is 16.2. The molecule has 0 radical (unpaired) electrons. The van der Waals surface area contributed by atoms with Crippen LogP contribution in [0.4, 0.5) is 16.2 Å². The van der Waals surface area contributed by atoms with Gasteiger partial charge in [0.2, 0.25) is 5.91 Å². The first kappa shape index (κ1) is 12.2. The maximum absolute atomic E-state index is 12.1. The SMILES string of the molecule is CNC(=O)CN1CCN(c2ccc(N)cc2)C1=O. The fraction of sp³-hybridized carbons (Fsp3) is 0.333. The smallest absolute Gasteiger partial charge is 0.325 e. The van der Waals surface area contributed by atoms with Crippen molar-refractivity contribution in [3.8, 4) is 0 Å². The van der Waals surface area contributed by atoms with E-state index in [1.165, 1.54) is 4.90 Å². The van der Waals surface area contributed by atoms with Gasteiger partial charge in [-0.05, 0) is 24.3 Å². The Hall–Kier alpha value is -2.24. The van der Waals surface area contributed by atoms with Gasteiger partial charge < -0.3 is 16.0 Å². The standard InChI is InChI=1S/C12H16N4O2/c1-14-11(17)8-15-6-7-16(12(15)18)10-4-2-9(13)3-5-10/h2-5H,6-8,13H2,1H3,(H,14,17). The van der Waals surface area contributed by atoms with Crippen LogP contribution < -0.4 is 16.0 Å². The van der Waals surface area contributed by atoms with E-state index in [9.17, 15) is 9.59 Å². The van der Waals surface area contributed by atoms with Crippen LogP contribution in [0.15, 0.2) is 24.3 Å². The van der Waals surface area contributed by atoms with E-state index in [4.69, 9.17) is 5.73 Å². The van der Waals surface area contributed by atoms with Crippen LogP contribution in [-0.4, -0.2) is 43.5 Å². The minimum Gasteiger partial charge on any atom is -0.399 e. The van der Waals surface area contributed by atoms with Crippen molar-refractivity contribution in [1.29, 1.82) is 0 Å². The average molecular weight is 248 g/mol. The predicted octanol–water partition coefficient (Wildman–Crippen LogP) is 0.257. The third-order valence-electron chi connectivity index (χ3n) is 2.91. The van der Waals surface area contributed by atoms with Gasteiger partial charge in [0.15, 0.2) is 0 Å². The first-order chi connectivity index (χ1) is 8.61. The number of likely N-dealkylation sites (N-methyl/N-ethyl adjacent to an activating group) is 1. The number of benzene rings is 1. The number of carbonyl (C=O) groups excluding carboxylic acids is 2. The van der Waals surface area contributed by atoms with Crippen LogP contribution in [-0.2, 0) is 4.79 Å². The highest BCUT2D eigenvalue weighted by Gasteiger charge is 2.30. The summed E-state index contributed by atoms with van der Waals surface area (Å²) in [5, 5.41) is 2.51. The normalized spacial score (nSPS) is 15.1. The zero-order valence-electron chi connectivity index (χ0n) is 10.2. The maximum atomic E-state index is 12.1. The van der Waals surface area contributed by atoms with E-state index in [0.29, 0.717) is 18.8 Å². The number of carbonyl (C=O) groups is 2. The maximum Gasteiger partial charge on any atom is 0.325 e. The second-order valence-electron chi connectivity index (χ2n) is 4.12. The molecule has 2 rings (SSSR count). The summed E-state index contributed by atoms with van der Waals surface area (Å²) in [4.78, 5) is 26.5. The summed E-state index contributed by atoms with van der Waals surface area (Å²) in [6.07, 6.45) is 0. The summed E-state index contributed by atoms with van der Waals surface area (Å²) < 4.78 is 0. The number of anilines is 2. The molecule has 0 aromatic heterocycles. The molecule has 0 spiro atoms. The number of amides is 3. The summed E-state index contributed by atoms with van der Waals surface area (Å²) in [5.41, 5.74) is 7.06. The highest BCUT2D eigenvalue weighted by Crippen LogP contribution is 2.21. The zero-order valence-corrected chi connectivity index (χ0v) is 10.2. The van der Waals surface area contributed by atoms with Crippen LogP contribution in [0.2, 0.25) is 0 Å². The molecule has 18 heavy (non-hydrogen) atoms. The molecule has 1 heterocycles. The lowest BCUT2D eigenvalue weighted by atomic mass is 10.2. The molecule has 1 aromatic rings. The van der Waals surface area contributed by atoms with Crippen molar-refractivity contribution < 1.29 is 9.59 Å². The molecule has 1 saturated heterocycles. The van der Waals surface area contributed by atoms with Gasteiger partial charge in [0, 0.05) is 31.5 Å². The Morgan fingerprint density at radius 1 is 1.33 bits per heavy atom. The lowest BCUT2D eigenvalue weighted by Gasteiger charge is -2.18. The van der Waals surface area contributed by atoms with Crippen molar-refractivity contribution in [2.24, 2.45) is 0 Å². The zero-order chi connectivity index (χ0) is 13.1. The quantitative estimate of drug-likeness (QED) is 0.753. The van der Waals surface area contributed by atoms with E-state index in [-0.39, 0.29) is 18.5 Å². The molecule has 1 aliphatic heterocycles.